The Bertz CT molecular complexity index is 446. The van der Waals surface area contributed by atoms with Gasteiger partial charge in [-0.3, -0.25) is 0 Å². The third-order valence-electron chi connectivity index (χ3n) is 2.03. The number of hydrogen-bond acceptors (Lipinski definition) is 2. The number of nitrogens with two attached hydrogens (primary N) is 1. The molecule has 0 aliphatic heterocycles. The maximum Gasteiger partial charge on any atom is 0.0968 e. The average molecular weight is 377 g/mol. The Morgan fingerprint density at radius 3 is 2.80 bits per heavy atom. The highest BCUT2D eigenvalue weighted by atomic mass is 127. The molecule has 78 valence electrons. The summed E-state index contributed by atoms with van der Waals surface area (Å²) in [5.41, 5.74) is 8.09. The highest BCUT2D eigenvalue weighted by molar-refractivity contribution is 14.1. The maximum absolute atomic E-state index is 8.92. The zero-order chi connectivity index (χ0) is 11.4. The smallest absolute Gasteiger partial charge is 0.0968 e. The van der Waals surface area contributed by atoms with E-state index in [1.807, 2.05) is 25.1 Å². The van der Waals surface area contributed by atoms with Crippen LogP contribution in [0.15, 0.2) is 28.2 Å². The summed E-state index contributed by atoms with van der Waals surface area (Å²) < 4.78 is 2.02. The van der Waals surface area contributed by atoms with Crippen LogP contribution in [0.2, 0.25) is 0 Å². The lowest BCUT2D eigenvalue weighted by atomic mass is 10.1. The molecule has 0 saturated heterocycles. The van der Waals surface area contributed by atoms with Crippen molar-refractivity contribution in [3.63, 3.8) is 0 Å². The Morgan fingerprint density at radius 1 is 1.60 bits per heavy atom. The molecule has 4 heteroatoms. The maximum atomic E-state index is 8.92. The highest BCUT2D eigenvalue weighted by Crippen LogP contribution is 2.24. The molecule has 1 rings (SSSR count). The van der Waals surface area contributed by atoms with E-state index < -0.39 is 0 Å². The fraction of sp³-hybridized carbons (Fsp3) is 0.182. The lowest BCUT2D eigenvalue weighted by molar-refractivity contribution is 1.14. The molecular formula is C11H10BrIN2. The summed E-state index contributed by atoms with van der Waals surface area (Å²) in [6.45, 7) is 1.93. The van der Waals surface area contributed by atoms with Crippen LogP contribution in [-0.4, -0.2) is 0 Å². The van der Waals surface area contributed by atoms with Crippen molar-refractivity contribution in [2.75, 3.05) is 0 Å². The molecule has 0 aromatic heterocycles. The van der Waals surface area contributed by atoms with Gasteiger partial charge in [0, 0.05) is 13.6 Å². The molecule has 1 aromatic rings. The van der Waals surface area contributed by atoms with Crippen molar-refractivity contribution in [1.29, 1.82) is 5.26 Å². The SMILES string of the molecule is CC/C(C#N)=C(/N)c1cc(Br)ccc1I. The van der Waals surface area contributed by atoms with E-state index in [1.54, 1.807) is 0 Å². The molecule has 15 heavy (non-hydrogen) atoms. The second kappa shape index (κ2) is 5.52. The van der Waals surface area contributed by atoms with E-state index in [0.29, 0.717) is 17.7 Å². The van der Waals surface area contributed by atoms with Gasteiger partial charge in [0.15, 0.2) is 0 Å². The molecule has 0 bridgehead atoms. The number of halogens is 2. The normalized spacial score (nSPS) is 11.9. The van der Waals surface area contributed by atoms with Gasteiger partial charge in [-0.05, 0) is 47.2 Å². The predicted octanol–water partition coefficient (Wildman–Crippen LogP) is 3.66. The van der Waals surface area contributed by atoms with Gasteiger partial charge >= 0.3 is 0 Å². The topological polar surface area (TPSA) is 49.8 Å². The molecule has 0 fully saturated rings. The minimum atomic E-state index is 0.575. The Labute approximate surface area is 111 Å². The zero-order valence-corrected chi connectivity index (χ0v) is 12.0. The lowest BCUT2D eigenvalue weighted by Gasteiger charge is -2.07. The number of nitrogens with zero attached hydrogens (tertiary/aromatic N) is 1. The number of benzene rings is 1. The van der Waals surface area contributed by atoms with Crippen molar-refractivity contribution in [3.8, 4) is 6.07 Å². The minimum Gasteiger partial charge on any atom is -0.397 e. The van der Waals surface area contributed by atoms with Gasteiger partial charge < -0.3 is 5.73 Å². The monoisotopic (exact) mass is 376 g/mol. The van der Waals surface area contributed by atoms with Gasteiger partial charge in [0.05, 0.1) is 17.3 Å². The third kappa shape index (κ3) is 2.95. The Kier molecular flexibility index (Phi) is 4.61. The van der Waals surface area contributed by atoms with Crippen LogP contribution in [0.25, 0.3) is 5.70 Å². The standard InChI is InChI=1S/C11H10BrIN2/c1-2-7(6-14)11(15)9-5-8(12)3-4-10(9)13/h3-5H,2,15H2,1H3/b11-7-. The van der Waals surface area contributed by atoms with Gasteiger partial charge in [-0.25, -0.2) is 0 Å². The van der Waals surface area contributed by atoms with E-state index in [4.69, 9.17) is 11.0 Å². The molecule has 0 aliphatic rings. The Hall–Kier alpha value is -0.540. The first-order valence-electron chi connectivity index (χ1n) is 4.44. The second-order valence-electron chi connectivity index (χ2n) is 2.98. The summed E-state index contributed by atoms with van der Waals surface area (Å²) in [4.78, 5) is 0. The van der Waals surface area contributed by atoms with Gasteiger partial charge in [-0.1, -0.05) is 22.9 Å². The number of rotatable bonds is 2. The third-order valence-corrected chi connectivity index (χ3v) is 3.47. The van der Waals surface area contributed by atoms with Crippen LogP contribution in [-0.2, 0) is 0 Å². The van der Waals surface area contributed by atoms with Crippen LogP contribution < -0.4 is 5.73 Å². The van der Waals surface area contributed by atoms with Gasteiger partial charge in [0.1, 0.15) is 0 Å². The molecule has 0 saturated carbocycles. The molecule has 0 aliphatic carbocycles. The van der Waals surface area contributed by atoms with Gasteiger partial charge in [-0.15, -0.1) is 0 Å². The van der Waals surface area contributed by atoms with E-state index in [2.05, 4.69) is 44.6 Å². The summed E-state index contributed by atoms with van der Waals surface area (Å²) in [5, 5.41) is 8.92. The minimum absolute atomic E-state index is 0.575. The Morgan fingerprint density at radius 2 is 2.27 bits per heavy atom. The van der Waals surface area contributed by atoms with E-state index in [9.17, 15) is 0 Å². The molecule has 0 amide bonds. The van der Waals surface area contributed by atoms with E-state index in [1.165, 1.54) is 0 Å². The summed E-state index contributed by atoms with van der Waals surface area (Å²) >= 11 is 5.61. The van der Waals surface area contributed by atoms with Gasteiger partial charge in [-0.2, -0.15) is 5.26 Å². The summed E-state index contributed by atoms with van der Waals surface area (Å²) in [6.07, 6.45) is 0.658. The molecule has 0 radical (unpaired) electrons. The number of nitriles is 1. The van der Waals surface area contributed by atoms with Crippen molar-refractivity contribution in [1.82, 2.24) is 0 Å². The zero-order valence-electron chi connectivity index (χ0n) is 8.22. The van der Waals surface area contributed by atoms with Crippen molar-refractivity contribution >= 4 is 44.2 Å². The van der Waals surface area contributed by atoms with E-state index in [0.717, 1.165) is 13.6 Å². The van der Waals surface area contributed by atoms with Crippen LogP contribution in [0, 0.1) is 14.9 Å². The summed E-state index contributed by atoms with van der Waals surface area (Å²) in [7, 11) is 0. The Balaban J connectivity index is 3.34. The van der Waals surface area contributed by atoms with Crippen LogP contribution >= 0.6 is 38.5 Å². The highest BCUT2D eigenvalue weighted by Gasteiger charge is 2.08. The van der Waals surface area contributed by atoms with Gasteiger partial charge in [0.2, 0.25) is 0 Å². The second-order valence-corrected chi connectivity index (χ2v) is 5.06. The van der Waals surface area contributed by atoms with Crippen LogP contribution in [0.3, 0.4) is 0 Å². The molecule has 2 nitrogen and oxygen atoms in total. The van der Waals surface area contributed by atoms with Crippen LogP contribution in [0.5, 0.6) is 0 Å². The number of hydrogen-bond donors (Lipinski definition) is 1. The first-order valence-corrected chi connectivity index (χ1v) is 6.31. The fourth-order valence-electron chi connectivity index (χ4n) is 1.20. The average Bonchev–Trinajstić information content (AvgIpc) is 2.23. The summed E-state index contributed by atoms with van der Waals surface area (Å²) in [5.74, 6) is 0. The molecule has 2 N–H and O–H groups in total. The summed E-state index contributed by atoms with van der Waals surface area (Å²) in [6, 6.07) is 7.99. The molecule has 0 unspecified atom stereocenters. The van der Waals surface area contributed by atoms with Crippen molar-refractivity contribution in [2.45, 2.75) is 13.3 Å². The largest absolute Gasteiger partial charge is 0.397 e. The number of allylic oxidation sites excluding steroid dienone is 1. The first-order chi connectivity index (χ1) is 7.10. The quantitative estimate of drug-likeness (QED) is 0.632. The van der Waals surface area contributed by atoms with E-state index >= 15 is 0 Å². The van der Waals surface area contributed by atoms with Crippen molar-refractivity contribution in [2.24, 2.45) is 5.73 Å². The molecular weight excluding hydrogens is 367 g/mol. The fourth-order valence-corrected chi connectivity index (χ4v) is 2.18. The van der Waals surface area contributed by atoms with Gasteiger partial charge in [0.25, 0.3) is 0 Å². The van der Waals surface area contributed by atoms with Crippen molar-refractivity contribution < 1.29 is 0 Å². The first kappa shape index (κ1) is 12.5. The molecule has 0 heterocycles. The molecule has 0 atom stereocenters. The molecule has 0 spiro atoms. The van der Waals surface area contributed by atoms with E-state index in [-0.39, 0.29) is 0 Å². The molecule has 1 aromatic carbocycles. The predicted molar refractivity (Wildman–Crippen MR) is 73.9 cm³/mol. The van der Waals surface area contributed by atoms with Crippen LogP contribution in [0.4, 0.5) is 0 Å². The lowest BCUT2D eigenvalue weighted by Crippen LogP contribution is -2.02. The van der Waals surface area contributed by atoms with Crippen LogP contribution in [0.1, 0.15) is 18.9 Å². The van der Waals surface area contributed by atoms with Crippen molar-refractivity contribution in [3.05, 3.63) is 37.4 Å².